The summed E-state index contributed by atoms with van der Waals surface area (Å²) in [5, 5.41) is 4.19. The Bertz CT molecular complexity index is 375. The highest BCUT2D eigenvalue weighted by molar-refractivity contribution is 5.10. The van der Waals surface area contributed by atoms with Crippen molar-refractivity contribution in [3.05, 3.63) is 11.7 Å². The Morgan fingerprint density at radius 1 is 1.31 bits per heavy atom. The van der Waals surface area contributed by atoms with Crippen molar-refractivity contribution in [2.75, 3.05) is 20.1 Å². The molecule has 0 bridgehead atoms. The van der Waals surface area contributed by atoms with Crippen molar-refractivity contribution in [1.82, 2.24) is 15.0 Å². The van der Waals surface area contributed by atoms with Crippen molar-refractivity contribution in [3.8, 4) is 0 Å². The van der Waals surface area contributed by atoms with Crippen LogP contribution in [0.4, 0.5) is 0 Å². The maximum atomic E-state index is 5.36. The summed E-state index contributed by atoms with van der Waals surface area (Å²) in [5.74, 6) is 2.37. The predicted octanol–water partition coefficient (Wildman–Crippen LogP) is 1.93. The van der Waals surface area contributed by atoms with E-state index in [4.69, 9.17) is 4.52 Å². The third-order valence-electron chi connectivity index (χ3n) is 4.00. The van der Waals surface area contributed by atoms with Gasteiger partial charge in [-0.3, -0.25) is 0 Å². The molecule has 4 heteroatoms. The average Bonchev–Trinajstić information content (AvgIpc) is 3.01. The Morgan fingerprint density at radius 2 is 2.00 bits per heavy atom. The van der Waals surface area contributed by atoms with Gasteiger partial charge in [-0.05, 0) is 45.8 Å². The fraction of sp³-hybridized carbons (Fsp3) is 0.833. The van der Waals surface area contributed by atoms with E-state index < -0.39 is 0 Å². The Kier molecular flexibility index (Phi) is 2.28. The normalized spacial score (nSPS) is 25.9. The van der Waals surface area contributed by atoms with E-state index in [0.29, 0.717) is 5.92 Å². The van der Waals surface area contributed by atoms with Crippen molar-refractivity contribution >= 4 is 0 Å². The lowest BCUT2D eigenvalue weighted by atomic mass is 9.80. The number of rotatable bonds is 2. The number of likely N-dealkylation sites (tertiary alicyclic amines) is 1. The van der Waals surface area contributed by atoms with E-state index in [1.807, 2.05) is 0 Å². The van der Waals surface area contributed by atoms with Crippen molar-refractivity contribution in [3.63, 3.8) is 0 Å². The quantitative estimate of drug-likeness (QED) is 0.765. The maximum absolute atomic E-state index is 5.36. The molecule has 1 aliphatic heterocycles. The number of hydrogen-bond acceptors (Lipinski definition) is 4. The number of piperidine rings is 1. The van der Waals surface area contributed by atoms with Crippen molar-refractivity contribution in [1.29, 1.82) is 0 Å². The molecule has 2 aliphatic rings. The van der Waals surface area contributed by atoms with Gasteiger partial charge in [0.05, 0.1) is 0 Å². The molecule has 0 N–H and O–H groups in total. The van der Waals surface area contributed by atoms with Crippen LogP contribution in [0.2, 0.25) is 0 Å². The highest BCUT2D eigenvalue weighted by Crippen LogP contribution is 2.40. The molecule has 2 fully saturated rings. The van der Waals surface area contributed by atoms with Crippen LogP contribution < -0.4 is 0 Å². The zero-order valence-electron chi connectivity index (χ0n) is 10.1. The lowest BCUT2D eigenvalue weighted by Crippen LogP contribution is -2.39. The summed E-state index contributed by atoms with van der Waals surface area (Å²) in [5.41, 5.74) is 0.128. The van der Waals surface area contributed by atoms with Gasteiger partial charge in [-0.2, -0.15) is 4.98 Å². The highest BCUT2D eigenvalue weighted by atomic mass is 16.5. The van der Waals surface area contributed by atoms with Gasteiger partial charge in [0.25, 0.3) is 0 Å². The molecule has 0 amide bonds. The summed E-state index contributed by atoms with van der Waals surface area (Å²) in [7, 11) is 2.17. The molecule has 4 nitrogen and oxygen atoms in total. The van der Waals surface area contributed by atoms with Crippen molar-refractivity contribution in [2.24, 2.45) is 0 Å². The van der Waals surface area contributed by atoms with Crippen LogP contribution in [0, 0.1) is 0 Å². The molecule has 1 saturated heterocycles. The van der Waals surface area contributed by atoms with Crippen LogP contribution in [0.25, 0.3) is 0 Å². The standard InChI is InChI=1S/C12H19N3O/c1-12(5-7-15(2)8-6-12)11-13-10(16-14-11)9-3-4-9/h9H,3-8H2,1-2H3. The fourth-order valence-electron chi connectivity index (χ4n) is 2.31. The third kappa shape index (κ3) is 1.75. The lowest BCUT2D eigenvalue weighted by molar-refractivity contribution is 0.189. The summed E-state index contributed by atoms with van der Waals surface area (Å²) < 4.78 is 5.36. The van der Waals surface area contributed by atoms with Gasteiger partial charge < -0.3 is 9.42 Å². The van der Waals surface area contributed by atoms with Crippen molar-refractivity contribution in [2.45, 2.75) is 43.9 Å². The third-order valence-corrected chi connectivity index (χ3v) is 4.00. The lowest BCUT2D eigenvalue weighted by Gasteiger charge is -2.35. The van der Waals surface area contributed by atoms with Gasteiger partial charge >= 0.3 is 0 Å². The van der Waals surface area contributed by atoms with Crippen LogP contribution in [-0.2, 0) is 5.41 Å². The van der Waals surface area contributed by atoms with Gasteiger partial charge in [0.2, 0.25) is 5.89 Å². The maximum Gasteiger partial charge on any atom is 0.229 e. The number of hydrogen-bond donors (Lipinski definition) is 0. The largest absolute Gasteiger partial charge is 0.339 e. The van der Waals surface area contributed by atoms with Crippen LogP contribution >= 0.6 is 0 Å². The zero-order valence-corrected chi connectivity index (χ0v) is 10.1. The first-order valence-corrected chi connectivity index (χ1v) is 6.20. The predicted molar refractivity (Wildman–Crippen MR) is 60.4 cm³/mol. The number of aromatic nitrogens is 2. The first-order valence-electron chi connectivity index (χ1n) is 6.20. The van der Waals surface area contributed by atoms with E-state index in [9.17, 15) is 0 Å². The van der Waals surface area contributed by atoms with Crippen molar-refractivity contribution < 1.29 is 4.52 Å². The van der Waals surface area contributed by atoms with Crippen LogP contribution in [0.5, 0.6) is 0 Å². The van der Waals surface area contributed by atoms with E-state index in [0.717, 1.165) is 37.6 Å². The van der Waals surface area contributed by atoms with Gasteiger partial charge in [-0.25, -0.2) is 0 Å². The summed E-state index contributed by atoms with van der Waals surface area (Å²) in [6.45, 7) is 4.52. The molecule has 16 heavy (non-hydrogen) atoms. The zero-order chi connectivity index (χ0) is 11.2. The molecular formula is C12H19N3O. The minimum atomic E-state index is 0.128. The molecule has 1 aromatic rings. The topological polar surface area (TPSA) is 42.2 Å². The van der Waals surface area contributed by atoms with Crippen LogP contribution in [0.15, 0.2) is 4.52 Å². The number of nitrogens with zero attached hydrogens (tertiary/aromatic N) is 3. The van der Waals surface area contributed by atoms with Crippen LogP contribution in [-0.4, -0.2) is 35.2 Å². The molecule has 0 spiro atoms. The van der Waals surface area contributed by atoms with Crippen LogP contribution in [0.1, 0.15) is 50.2 Å². The van der Waals surface area contributed by atoms with Gasteiger partial charge in [0.1, 0.15) is 0 Å². The molecule has 3 rings (SSSR count). The molecule has 1 saturated carbocycles. The first-order chi connectivity index (χ1) is 7.67. The smallest absolute Gasteiger partial charge is 0.229 e. The molecule has 0 unspecified atom stereocenters. The van der Waals surface area contributed by atoms with Gasteiger partial charge in [0.15, 0.2) is 5.82 Å². The van der Waals surface area contributed by atoms with E-state index >= 15 is 0 Å². The van der Waals surface area contributed by atoms with Gasteiger partial charge in [-0.1, -0.05) is 12.1 Å². The monoisotopic (exact) mass is 221 g/mol. The Morgan fingerprint density at radius 3 is 2.62 bits per heavy atom. The average molecular weight is 221 g/mol. The molecular weight excluding hydrogens is 202 g/mol. The summed E-state index contributed by atoms with van der Waals surface area (Å²) in [6, 6.07) is 0. The molecule has 1 aliphatic carbocycles. The van der Waals surface area contributed by atoms with E-state index in [-0.39, 0.29) is 5.41 Å². The Hall–Kier alpha value is -0.900. The molecule has 2 heterocycles. The van der Waals surface area contributed by atoms with Gasteiger partial charge in [-0.15, -0.1) is 0 Å². The fourth-order valence-corrected chi connectivity index (χ4v) is 2.31. The SMILES string of the molecule is CN1CCC(C)(c2noc(C3CC3)n2)CC1. The van der Waals surface area contributed by atoms with E-state index in [1.165, 1.54) is 12.8 Å². The molecule has 1 aromatic heterocycles. The van der Waals surface area contributed by atoms with E-state index in [2.05, 4.69) is 29.0 Å². The Labute approximate surface area is 96.0 Å². The molecule has 88 valence electrons. The minimum absolute atomic E-state index is 0.128. The second kappa shape index (κ2) is 3.55. The molecule has 0 aromatic carbocycles. The molecule has 0 atom stereocenters. The second-order valence-electron chi connectivity index (χ2n) is 5.59. The van der Waals surface area contributed by atoms with Crippen LogP contribution in [0.3, 0.4) is 0 Å². The van der Waals surface area contributed by atoms with Gasteiger partial charge in [0, 0.05) is 11.3 Å². The highest BCUT2D eigenvalue weighted by Gasteiger charge is 2.37. The summed E-state index contributed by atoms with van der Waals surface area (Å²) >= 11 is 0. The minimum Gasteiger partial charge on any atom is -0.339 e. The first kappa shape index (κ1) is 10.3. The molecule has 0 radical (unpaired) electrons. The van der Waals surface area contributed by atoms with E-state index in [1.54, 1.807) is 0 Å². The summed E-state index contributed by atoms with van der Waals surface area (Å²) in [6.07, 6.45) is 4.71. The second-order valence-corrected chi connectivity index (χ2v) is 5.59. The Balaban J connectivity index is 1.78. The summed E-state index contributed by atoms with van der Waals surface area (Å²) in [4.78, 5) is 6.96.